The minimum atomic E-state index is -1.14. The highest BCUT2D eigenvalue weighted by molar-refractivity contribution is 6.01. The van der Waals surface area contributed by atoms with Crippen LogP contribution in [0.3, 0.4) is 0 Å². The van der Waals surface area contributed by atoms with Gasteiger partial charge in [0.2, 0.25) is 0 Å². The summed E-state index contributed by atoms with van der Waals surface area (Å²) in [6.45, 7) is 2.84. The van der Waals surface area contributed by atoms with Gasteiger partial charge in [0.25, 0.3) is 0 Å². The van der Waals surface area contributed by atoms with Crippen molar-refractivity contribution in [2.24, 2.45) is 0 Å². The molecule has 0 aliphatic rings. The number of ether oxygens (including phenoxy) is 3. The van der Waals surface area contributed by atoms with E-state index < -0.39 is 24.5 Å². The van der Waals surface area contributed by atoms with Gasteiger partial charge in [-0.2, -0.15) is 0 Å². The Bertz CT molecular complexity index is 488. The summed E-state index contributed by atoms with van der Waals surface area (Å²) in [6.07, 6.45) is 0. The highest BCUT2D eigenvalue weighted by Gasteiger charge is 2.33. The second-order valence-electron chi connectivity index (χ2n) is 4.49. The predicted molar refractivity (Wildman–Crippen MR) is 74.2 cm³/mol. The highest BCUT2D eigenvalue weighted by Crippen LogP contribution is 2.30. The molecule has 0 spiro atoms. The van der Waals surface area contributed by atoms with Gasteiger partial charge in [-0.15, -0.1) is 0 Å². The molecule has 0 heterocycles. The standard InChI is InChI=1S/C15H19FO5/c1-9-7-11(21-6-5-16)8-10(2)12(9)13(14(17)19-3)15(18)20-4/h7-8,13H,5-6H2,1-4H3. The Morgan fingerprint density at radius 3 is 1.95 bits per heavy atom. The van der Waals surface area contributed by atoms with Gasteiger partial charge in [0.15, 0.2) is 5.92 Å². The lowest BCUT2D eigenvalue weighted by molar-refractivity contribution is -0.154. The van der Waals surface area contributed by atoms with Gasteiger partial charge in [-0.25, -0.2) is 4.39 Å². The van der Waals surface area contributed by atoms with Gasteiger partial charge in [-0.3, -0.25) is 9.59 Å². The molecule has 0 bridgehead atoms. The van der Waals surface area contributed by atoms with Crippen LogP contribution in [0.1, 0.15) is 22.6 Å². The molecular formula is C15H19FO5. The third-order valence-corrected chi connectivity index (χ3v) is 3.08. The molecule has 21 heavy (non-hydrogen) atoms. The summed E-state index contributed by atoms with van der Waals surface area (Å²) >= 11 is 0. The number of halogens is 1. The van der Waals surface area contributed by atoms with Crippen LogP contribution in [0.4, 0.5) is 4.39 Å². The van der Waals surface area contributed by atoms with E-state index in [1.165, 1.54) is 14.2 Å². The number of benzene rings is 1. The molecule has 0 amide bonds. The van der Waals surface area contributed by atoms with Crippen LogP contribution in [0.5, 0.6) is 5.75 Å². The van der Waals surface area contributed by atoms with Crippen molar-refractivity contribution in [2.45, 2.75) is 19.8 Å². The Kier molecular flexibility index (Phi) is 6.14. The van der Waals surface area contributed by atoms with E-state index in [0.717, 1.165) is 0 Å². The molecule has 1 aromatic rings. The van der Waals surface area contributed by atoms with E-state index in [0.29, 0.717) is 22.4 Å². The van der Waals surface area contributed by atoms with Gasteiger partial charge in [0.1, 0.15) is 19.0 Å². The number of aryl methyl sites for hydroxylation is 2. The number of rotatable bonds is 6. The maximum Gasteiger partial charge on any atom is 0.324 e. The van der Waals surface area contributed by atoms with E-state index in [1.54, 1.807) is 26.0 Å². The first-order valence-electron chi connectivity index (χ1n) is 6.41. The maximum absolute atomic E-state index is 12.1. The first kappa shape index (κ1) is 16.9. The smallest absolute Gasteiger partial charge is 0.324 e. The summed E-state index contributed by atoms with van der Waals surface area (Å²) in [7, 11) is 2.42. The molecule has 0 fully saturated rings. The molecule has 0 radical (unpaired) electrons. The SMILES string of the molecule is COC(=O)C(C(=O)OC)c1c(C)cc(OCCF)cc1C. The van der Waals surface area contributed by atoms with E-state index in [1.807, 2.05) is 0 Å². The fourth-order valence-corrected chi connectivity index (χ4v) is 2.20. The average Bonchev–Trinajstić information content (AvgIpc) is 2.47. The second-order valence-corrected chi connectivity index (χ2v) is 4.49. The minimum absolute atomic E-state index is 0.0460. The third-order valence-electron chi connectivity index (χ3n) is 3.08. The zero-order valence-electron chi connectivity index (χ0n) is 12.6. The molecule has 0 aromatic heterocycles. The molecule has 0 aliphatic heterocycles. The summed E-state index contributed by atoms with van der Waals surface area (Å²) < 4.78 is 26.7. The molecule has 0 unspecified atom stereocenters. The lowest BCUT2D eigenvalue weighted by atomic mass is 9.90. The Morgan fingerprint density at radius 1 is 1.10 bits per heavy atom. The molecule has 5 nitrogen and oxygen atoms in total. The fraction of sp³-hybridized carbons (Fsp3) is 0.467. The first-order chi connectivity index (χ1) is 9.96. The van der Waals surface area contributed by atoms with Gasteiger partial charge >= 0.3 is 11.9 Å². The number of esters is 2. The van der Waals surface area contributed by atoms with Crippen molar-refractivity contribution in [3.8, 4) is 5.75 Å². The number of methoxy groups -OCH3 is 2. The summed E-state index contributed by atoms with van der Waals surface area (Å²) in [5.74, 6) is -2.04. The second kappa shape index (κ2) is 7.61. The lowest BCUT2D eigenvalue weighted by Gasteiger charge is -2.19. The van der Waals surface area contributed by atoms with E-state index in [-0.39, 0.29) is 6.61 Å². The molecule has 6 heteroatoms. The summed E-state index contributed by atoms with van der Waals surface area (Å²) in [6, 6.07) is 3.30. The van der Waals surface area contributed by atoms with Crippen LogP contribution in [0.15, 0.2) is 12.1 Å². The van der Waals surface area contributed by atoms with Gasteiger partial charge < -0.3 is 14.2 Å². The van der Waals surface area contributed by atoms with Gasteiger partial charge in [-0.1, -0.05) is 0 Å². The molecule has 1 aromatic carbocycles. The van der Waals surface area contributed by atoms with Gasteiger partial charge in [0, 0.05) is 0 Å². The molecule has 0 saturated heterocycles. The van der Waals surface area contributed by atoms with Crippen molar-refractivity contribution in [3.63, 3.8) is 0 Å². The van der Waals surface area contributed by atoms with Crippen LogP contribution < -0.4 is 4.74 Å². The van der Waals surface area contributed by atoms with Crippen molar-refractivity contribution in [3.05, 3.63) is 28.8 Å². The van der Waals surface area contributed by atoms with E-state index in [2.05, 4.69) is 9.47 Å². The van der Waals surface area contributed by atoms with Gasteiger partial charge in [0.05, 0.1) is 14.2 Å². The monoisotopic (exact) mass is 298 g/mol. The largest absolute Gasteiger partial charge is 0.491 e. The topological polar surface area (TPSA) is 61.8 Å². The molecular weight excluding hydrogens is 279 g/mol. The van der Waals surface area contributed by atoms with E-state index in [4.69, 9.17) is 4.74 Å². The number of hydrogen-bond donors (Lipinski definition) is 0. The fourth-order valence-electron chi connectivity index (χ4n) is 2.20. The number of carbonyl (C=O) groups is 2. The van der Waals surface area contributed by atoms with Crippen molar-refractivity contribution < 1.29 is 28.2 Å². The van der Waals surface area contributed by atoms with E-state index in [9.17, 15) is 14.0 Å². The van der Waals surface area contributed by atoms with Crippen molar-refractivity contribution in [2.75, 3.05) is 27.5 Å². The minimum Gasteiger partial charge on any atom is -0.491 e. The van der Waals surface area contributed by atoms with Crippen LogP contribution in [0.2, 0.25) is 0 Å². The molecule has 0 saturated carbocycles. The van der Waals surface area contributed by atoms with Crippen molar-refractivity contribution in [1.29, 1.82) is 0 Å². The van der Waals surface area contributed by atoms with Crippen molar-refractivity contribution in [1.82, 2.24) is 0 Å². The molecule has 0 atom stereocenters. The van der Waals surface area contributed by atoms with Crippen LogP contribution >= 0.6 is 0 Å². The van der Waals surface area contributed by atoms with Crippen LogP contribution in [0.25, 0.3) is 0 Å². The highest BCUT2D eigenvalue weighted by atomic mass is 19.1. The van der Waals surface area contributed by atoms with Gasteiger partial charge in [-0.05, 0) is 42.7 Å². The van der Waals surface area contributed by atoms with Crippen molar-refractivity contribution >= 4 is 11.9 Å². The van der Waals surface area contributed by atoms with Crippen LogP contribution in [-0.4, -0.2) is 39.4 Å². The Morgan fingerprint density at radius 2 is 1.57 bits per heavy atom. The summed E-state index contributed by atoms with van der Waals surface area (Å²) in [4.78, 5) is 23.7. The Hall–Kier alpha value is -2.11. The normalized spacial score (nSPS) is 10.4. The maximum atomic E-state index is 12.1. The molecule has 1 rings (SSSR count). The Labute approximate surface area is 123 Å². The number of carbonyl (C=O) groups excluding carboxylic acids is 2. The molecule has 116 valence electrons. The third kappa shape index (κ3) is 3.93. The predicted octanol–water partition coefficient (Wildman–Crippen LogP) is 2.08. The Balaban J connectivity index is 3.26. The zero-order valence-corrected chi connectivity index (χ0v) is 12.6. The lowest BCUT2D eigenvalue weighted by Crippen LogP contribution is -2.26. The van der Waals surface area contributed by atoms with Crippen LogP contribution in [-0.2, 0) is 19.1 Å². The number of hydrogen-bond acceptors (Lipinski definition) is 5. The zero-order chi connectivity index (χ0) is 16.0. The number of alkyl halides is 1. The summed E-state index contributed by atoms with van der Waals surface area (Å²) in [5.41, 5.74) is 1.86. The van der Waals surface area contributed by atoms with E-state index >= 15 is 0 Å². The quantitative estimate of drug-likeness (QED) is 0.594. The molecule has 0 aliphatic carbocycles. The summed E-state index contributed by atoms with van der Waals surface area (Å²) in [5, 5.41) is 0. The average molecular weight is 298 g/mol. The molecule has 0 N–H and O–H groups in total. The first-order valence-corrected chi connectivity index (χ1v) is 6.41. The van der Waals surface area contributed by atoms with Crippen LogP contribution in [0, 0.1) is 13.8 Å².